The Morgan fingerprint density at radius 2 is 0.913 bits per heavy atom. The van der Waals surface area contributed by atoms with E-state index in [1.165, 1.54) is 85.2 Å². The molecule has 0 saturated carbocycles. The molecule has 6 heteroatoms. The van der Waals surface area contributed by atoms with Crippen LogP contribution in [-0.4, -0.2) is 24.1 Å². The van der Waals surface area contributed by atoms with Crippen LogP contribution in [0.1, 0.15) is 18.7 Å². The average Bonchev–Trinajstić information content (AvgIpc) is 4.09. The van der Waals surface area contributed by atoms with E-state index in [0.717, 1.165) is 51.8 Å². The van der Waals surface area contributed by atoms with Crippen LogP contribution in [0.25, 0.3) is 136 Å². The Hall–Kier alpha value is -8.71. The highest BCUT2D eigenvalue weighted by Gasteiger charge is 2.21. The van der Waals surface area contributed by atoms with Gasteiger partial charge in [-0.05, 0) is 99.8 Å². The highest BCUT2D eigenvalue weighted by molar-refractivity contribution is 7.26. The maximum Gasteiger partial charge on any atom is 0.164 e. The van der Waals surface area contributed by atoms with Gasteiger partial charge in [0.1, 0.15) is 0 Å². The molecule has 0 unspecified atom stereocenters. The standard InChI is InChI=1S/C63H39N5S/c1-3-15-38(16-4-1)61-64-62(39-17-5-2-6-18-39)66-63(65-61)40-27-30-45-43-19-7-8-20-44(43)46-31-28-41(36-53(46)52(45)35-40)67-55-24-12-10-22-48(55)54-37-42(29-34-57(54)67)68-56-25-13-9-21-47(56)50-32-33-51-49-23-11-14-26-58(49)69-60(51)59(50)68/h1,3-5,7-37H,2,6H2. The molecule has 1 aliphatic carbocycles. The van der Waals surface area contributed by atoms with Gasteiger partial charge >= 0.3 is 0 Å². The Balaban J connectivity index is 0.951. The van der Waals surface area contributed by atoms with Crippen molar-refractivity contribution in [1.82, 2.24) is 24.1 Å². The Morgan fingerprint density at radius 1 is 0.362 bits per heavy atom. The lowest BCUT2D eigenvalue weighted by molar-refractivity contribution is 1.01. The summed E-state index contributed by atoms with van der Waals surface area (Å²) in [5.74, 6) is 2.02. The first-order chi connectivity index (χ1) is 34.2. The normalized spacial score (nSPS) is 13.1. The van der Waals surface area contributed by atoms with E-state index in [1.54, 1.807) is 0 Å². The van der Waals surface area contributed by atoms with Crippen molar-refractivity contribution in [2.75, 3.05) is 0 Å². The van der Waals surface area contributed by atoms with Gasteiger partial charge in [0, 0.05) is 65.1 Å². The minimum atomic E-state index is 0.660. The lowest BCUT2D eigenvalue weighted by Gasteiger charge is -2.15. The van der Waals surface area contributed by atoms with Crippen LogP contribution >= 0.6 is 11.3 Å². The van der Waals surface area contributed by atoms with E-state index < -0.39 is 0 Å². The predicted octanol–water partition coefficient (Wildman–Crippen LogP) is 17.0. The van der Waals surface area contributed by atoms with Crippen molar-refractivity contribution in [1.29, 1.82) is 0 Å². The van der Waals surface area contributed by atoms with Gasteiger partial charge in [0.15, 0.2) is 17.5 Å². The van der Waals surface area contributed by atoms with Gasteiger partial charge in [-0.25, -0.2) is 15.0 Å². The Kier molecular flexibility index (Phi) is 8.29. The molecule has 10 aromatic carbocycles. The first-order valence-corrected chi connectivity index (χ1v) is 24.5. The predicted molar refractivity (Wildman–Crippen MR) is 291 cm³/mol. The van der Waals surface area contributed by atoms with Crippen molar-refractivity contribution in [2.24, 2.45) is 0 Å². The molecule has 1 aliphatic rings. The molecule has 4 aromatic heterocycles. The van der Waals surface area contributed by atoms with Crippen molar-refractivity contribution in [2.45, 2.75) is 12.8 Å². The summed E-state index contributed by atoms with van der Waals surface area (Å²) in [6, 6.07) is 71.0. The Bertz CT molecular complexity index is 4550. The van der Waals surface area contributed by atoms with Gasteiger partial charge in [0.2, 0.25) is 0 Å². The molecule has 0 saturated heterocycles. The van der Waals surface area contributed by atoms with E-state index in [0.29, 0.717) is 17.5 Å². The van der Waals surface area contributed by atoms with Gasteiger partial charge in [0.05, 0.1) is 26.8 Å². The van der Waals surface area contributed by atoms with Gasteiger partial charge in [-0.3, -0.25) is 0 Å². The van der Waals surface area contributed by atoms with Gasteiger partial charge in [-0.15, -0.1) is 11.3 Å². The average molecular weight is 898 g/mol. The van der Waals surface area contributed by atoms with Crippen LogP contribution in [0.2, 0.25) is 0 Å². The van der Waals surface area contributed by atoms with Gasteiger partial charge in [-0.1, -0.05) is 158 Å². The number of allylic oxidation sites excluding steroid dienone is 4. The number of rotatable bonds is 5. The smallest absolute Gasteiger partial charge is 0.164 e. The molecule has 0 aliphatic heterocycles. The van der Waals surface area contributed by atoms with E-state index in [4.69, 9.17) is 15.0 Å². The molecule has 0 radical (unpaired) electrons. The van der Waals surface area contributed by atoms with E-state index in [-0.39, 0.29) is 0 Å². The van der Waals surface area contributed by atoms with Gasteiger partial charge < -0.3 is 9.13 Å². The van der Waals surface area contributed by atoms with Crippen LogP contribution in [0.15, 0.2) is 212 Å². The molecule has 0 bridgehead atoms. The second kappa shape index (κ2) is 14.9. The molecule has 0 fully saturated rings. The minimum absolute atomic E-state index is 0.660. The van der Waals surface area contributed by atoms with Crippen LogP contribution in [0.3, 0.4) is 0 Å². The third kappa shape index (κ3) is 5.79. The molecule has 15 rings (SSSR count). The van der Waals surface area contributed by atoms with Crippen LogP contribution in [0.4, 0.5) is 0 Å². The number of thiophene rings is 1. The lowest BCUT2D eigenvalue weighted by Crippen LogP contribution is -2.03. The number of aromatic nitrogens is 5. The van der Waals surface area contributed by atoms with Crippen molar-refractivity contribution in [3.8, 4) is 34.2 Å². The zero-order valence-corrected chi connectivity index (χ0v) is 38.1. The van der Waals surface area contributed by atoms with E-state index in [2.05, 4.69) is 203 Å². The summed E-state index contributed by atoms with van der Waals surface area (Å²) in [7, 11) is 0. The lowest BCUT2D eigenvalue weighted by atomic mass is 9.93. The molecule has 69 heavy (non-hydrogen) atoms. The summed E-state index contributed by atoms with van der Waals surface area (Å²) in [4.78, 5) is 15.3. The van der Waals surface area contributed by atoms with Crippen LogP contribution < -0.4 is 0 Å². The molecular weight excluding hydrogens is 859 g/mol. The molecule has 5 nitrogen and oxygen atoms in total. The van der Waals surface area contributed by atoms with E-state index in [1.807, 2.05) is 29.5 Å². The maximum absolute atomic E-state index is 5.17. The zero-order chi connectivity index (χ0) is 45.2. The maximum atomic E-state index is 5.17. The number of benzene rings is 10. The summed E-state index contributed by atoms with van der Waals surface area (Å²) in [5.41, 5.74) is 10.0. The Labute approximate surface area is 400 Å². The number of para-hydroxylation sites is 2. The van der Waals surface area contributed by atoms with Crippen molar-refractivity contribution in [3.63, 3.8) is 0 Å². The monoisotopic (exact) mass is 897 g/mol. The second-order valence-electron chi connectivity index (χ2n) is 18.2. The summed E-state index contributed by atoms with van der Waals surface area (Å²) >= 11 is 1.89. The molecular formula is C63H39N5S. The number of hydrogen-bond acceptors (Lipinski definition) is 4. The summed E-state index contributed by atoms with van der Waals surface area (Å²) in [5, 5.41) is 14.8. The van der Waals surface area contributed by atoms with Gasteiger partial charge in [0.25, 0.3) is 0 Å². The summed E-state index contributed by atoms with van der Waals surface area (Å²) in [6.45, 7) is 0. The fourth-order valence-electron chi connectivity index (χ4n) is 11.2. The SMILES string of the molecule is C1=CC(c2nc(-c3ccccc3)nc(-c3ccc4c5ccccc5c5ccc(-n6c7ccccc7c7cc(-n8c9ccccc9c9ccc%10c%11ccccc%11sc%10c98)ccc76)cc5c4c3)n2)=CCC1. The number of fused-ring (bicyclic) bond motifs is 16. The van der Waals surface area contributed by atoms with Crippen LogP contribution in [-0.2, 0) is 0 Å². The minimum Gasteiger partial charge on any atom is -0.309 e. The number of hydrogen-bond donors (Lipinski definition) is 0. The van der Waals surface area contributed by atoms with Gasteiger partial charge in [-0.2, -0.15) is 0 Å². The fraction of sp³-hybridized carbons (Fsp3) is 0.0317. The first kappa shape index (κ1) is 38.4. The quantitative estimate of drug-likeness (QED) is 0.162. The fourth-order valence-corrected chi connectivity index (χ4v) is 12.5. The molecule has 0 amide bonds. The van der Waals surface area contributed by atoms with Crippen molar-refractivity contribution < 1.29 is 0 Å². The number of nitrogens with zero attached hydrogens (tertiary/aromatic N) is 5. The Morgan fingerprint density at radius 3 is 1.70 bits per heavy atom. The summed E-state index contributed by atoms with van der Waals surface area (Å²) in [6.07, 6.45) is 8.57. The molecule has 0 atom stereocenters. The first-order valence-electron chi connectivity index (χ1n) is 23.7. The zero-order valence-electron chi connectivity index (χ0n) is 37.3. The third-order valence-electron chi connectivity index (χ3n) is 14.4. The second-order valence-corrected chi connectivity index (χ2v) is 19.2. The van der Waals surface area contributed by atoms with Crippen LogP contribution in [0.5, 0.6) is 0 Å². The van der Waals surface area contributed by atoms with Crippen molar-refractivity contribution in [3.05, 3.63) is 218 Å². The summed E-state index contributed by atoms with van der Waals surface area (Å²) < 4.78 is 7.58. The molecule has 4 heterocycles. The van der Waals surface area contributed by atoms with E-state index >= 15 is 0 Å². The largest absolute Gasteiger partial charge is 0.309 e. The topological polar surface area (TPSA) is 48.5 Å². The highest BCUT2D eigenvalue weighted by atomic mass is 32.1. The highest BCUT2D eigenvalue weighted by Crippen LogP contribution is 2.45. The molecule has 14 aromatic rings. The van der Waals surface area contributed by atoms with E-state index in [9.17, 15) is 0 Å². The third-order valence-corrected chi connectivity index (χ3v) is 15.5. The molecule has 322 valence electrons. The molecule has 0 N–H and O–H groups in total. The van der Waals surface area contributed by atoms with Crippen molar-refractivity contribution >= 4 is 113 Å². The van der Waals surface area contributed by atoms with Crippen LogP contribution in [0, 0.1) is 0 Å². The molecule has 0 spiro atoms.